The summed E-state index contributed by atoms with van der Waals surface area (Å²) in [4.78, 5) is 41.1. The van der Waals surface area contributed by atoms with Crippen molar-refractivity contribution in [2.45, 2.75) is 71.6 Å². The Morgan fingerprint density at radius 2 is 1.76 bits per heavy atom. The molecule has 38 heavy (non-hydrogen) atoms. The van der Waals surface area contributed by atoms with E-state index in [4.69, 9.17) is 23.7 Å². The summed E-state index contributed by atoms with van der Waals surface area (Å²) in [7, 11) is 1.40. The van der Waals surface area contributed by atoms with E-state index in [0.717, 1.165) is 37.0 Å². The van der Waals surface area contributed by atoms with E-state index in [1.54, 1.807) is 0 Å². The number of nitrogens with one attached hydrogen (secondary N) is 1. The van der Waals surface area contributed by atoms with Gasteiger partial charge in [-0.15, -0.1) is 0 Å². The van der Waals surface area contributed by atoms with Crippen LogP contribution in [0.1, 0.15) is 62.5 Å². The summed E-state index contributed by atoms with van der Waals surface area (Å²) in [5.74, 6) is -0.645. The zero-order valence-electron chi connectivity index (χ0n) is 22.5. The molecule has 10 heteroatoms. The number of carbonyl (C=O) groups is 3. The number of pyridine rings is 1. The molecule has 1 amide bonds. The highest BCUT2D eigenvalue weighted by atomic mass is 16.7. The lowest BCUT2D eigenvalue weighted by Crippen LogP contribution is -2.45. The number of hydrogen-bond donors (Lipinski definition) is 1. The van der Waals surface area contributed by atoms with Crippen molar-refractivity contribution in [1.29, 1.82) is 0 Å². The normalized spacial score (nSPS) is 15.6. The molecule has 3 atom stereocenters. The molecule has 1 aromatic heterocycles. The second-order valence-corrected chi connectivity index (χ2v) is 9.37. The van der Waals surface area contributed by atoms with Gasteiger partial charge in [-0.05, 0) is 51.7 Å². The molecule has 1 aliphatic carbocycles. The third-order valence-electron chi connectivity index (χ3n) is 6.39. The molecule has 0 aliphatic heterocycles. The first-order valence-electron chi connectivity index (χ1n) is 12.7. The van der Waals surface area contributed by atoms with E-state index in [1.165, 1.54) is 33.2 Å². The van der Waals surface area contributed by atoms with Gasteiger partial charge in [-0.2, -0.15) is 0 Å². The zero-order chi connectivity index (χ0) is 27.7. The predicted molar refractivity (Wildman–Crippen MR) is 138 cm³/mol. The lowest BCUT2D eigenvalue weighted by atomic mass is 9.96. The van der Waals surface area contributed by atoms with Gasteiger partial charge in [0, 0.05) is 19.2 Å². The molecule has 1 N–H and O–H groups in total. The summed E-state index contributed by atoms with van der Waals surface area (Å²) >= 11 is 0. The molecule has 0 radical (unpaired) electrons. The fraction of sp³-hybridized carbons (Fsp3) is 0.500. The molecule has 1 saturated carbocycles. The Hall–Kier alpha value is -3.82. The highest BCUT2D eigenvalue weighted by Crippen LogP contribution is 2.33. The van der Waals surface area contributed by atoms with Crippen molar-refractivity contribution in [2.24, 2.45) is 5.92 Å². The minimum Gasteiger partial charge on any atom is -0.493 e. The SMILES string of the molecule is COc1ccnc(C(=O)N[C@@H](C)C(=O)O[C@@H](C)[C@H](Oc2ccc(C)cc2)C2CCCC2)c1OCOC(C)=O. The number of methoxy groups -OCH3 is 1. The number of rotatable bonds is 12. The average molecular weight is 529 g/mol. The average Bonchev–Trinajstić information content (AvgIpc) is 3.42. The van der Waals surface area contributed by atoms with Crippen LogP contribution < -0.4 is 19.5 Å². The third-order valence-corrected chi connectivity index (χ3v) is 6.39. The number of esters is 2. The van der Waals surface area contributed by atoms with Crippen LogP contribution in [0.25, 0.3) is 0 Å². The zero-order valence-corrected chi connectivity index (χ0v) is 22.5. The van der Waals surface area contributed by atoms with E-state index in [-0.39, 0.29) is 29.2 Å². The van der Waals surface area contributed by atoms with Gasteiger partial charge in [0.15, 0.2) is 17.2 Å². The van der Waals surface area contributed by atoms with E-state index in [1.807, 2.05) is 38.1 Å². The maximum absolute atomic E-state index is 13.0. The Morgan fingerprint density at radius 1 is 1.08 bits per heavy atom. The van der Waals surface area contributed by atoms with Crippen molar-refractivity contribution in [3.8, 4) is 17.2 Å². The lowest BCUT2D eigenvalue weighted by Gasteiger charge is -2.30. The maximum atomic E-state index is 13.0. The number of carbonyl (C=O) groups excluding carboxylic acids is 3. The minimum absolute atomic E-state index is 0.0181. The van der Waals surface area contributed by atoms with Crippen LogP contribution in [-0.4, -0.2) is 55.0 Å². The fourth-order valence-corrected chi connectivity index (χ4v) is 4.38. The Morgan fingerprint density at radius 3 is 2.39 bits per heavy atom. The summed E-state index contributed by atoms with van der Waals surface area (Å²) in [5.41, 5.74) is 1.00. The number of nitrogens with zero attached hydrogens (tertiary/aromatic N) is 1. The Balaban J connectivity index is 1.66. The molecule has 0 unspecified atom stereocenters. The molecular weight excluding hydrogens is 492 g/mol. The van der Waals surface area contributed by atoms with Gasteiger partial charge in [-0.25, -0.2) is 9.78 Å². The first-order chi connectivity index (χ1) is 18.2. The molecule has 3 rings (SSSR count). The number of benzene rings is 1. The first-order valence-corrected chi connectivity index (χ1v) is 12.7. The first kappa shape index (κ1) is 28.7. The second kappa shape index (κ2) is 13.6. The van der Waals surface area contributed by atoms with Crippen LogP contribution >= 0.6 is 0 Å². The van der Waals surface area contributed by atoms with Gasteiger partial charge in [0.05, 0.1) is 7.11 Å². The Kier molecular flexibility index (Phi) is 10.3. The van der Waals surface area contributed by atoms with Gasteiger partial charge in [0.25, 0.3) is 5.91 Å². The summed E-state index contributed by atoms with van der Waals surface area (Å²) in [5, 5.41) is 2.60. The van der Waals surface area contributed by atoms with E-state index < -0.39 is 36.8 Å². The van der Waals surface area contributed by atoms with E-state index in [9.17, 15) is 14.4 Å². The monoisotopic (exact) mass is 528 g/mol. The van der Waals surface area contributed by atoms with Crippen LogP contribution in [0.2, 0.25) is 0 Å². The van der Waals surface area contributed by atoms with Gasteiger partial charge in [-0.1, -0.05) is 30.5 Å². The van der Waals surface area contributed by atoms with E-state index >= 15 is 0 Å². The van der Waals surface area contributed by atoms with Crippen molar-refractivity contribution in [1.82, 2.24) is 10.3 Å². The van der Waals surface area contributed by atoms with Crippen molar-refractivity contribution >= 4 is 17.8 Å². The molecule has 1 heterocycles. The van der Waals surface area contributed by atoms with Crippen molar-refractivity contribution in [3.63, 3.8) is 0 Å². The number of aromatic nitrogens is 1. The highest BCUT2D eigenvalue weighted by Gasteiger charge is 2.34. The van der Waals surface area contributed by atoms with Crippen LogP contribution in [0.4, 0.5) is 0 Å². The van der Waals surface area contributed by atoms with E-state index in [0.29, 0.717) is 0 Å². The Bertz CT molecular complexity index is 1100. The molecule has 0 saturated heterocycles. The van der Waals surface area contributed by atoms with Crippen LogP contribution in [0.5, 0.6) is 17.2 Å². The summed E-state index contributed by atoms with van der Waals surface area (Å²) in [6.45, 7) is 6.14. The Labute approximate surface area is 223 Å². The molecular formula is C28H36N2O8. The van der Waals surface area contributed by atoms with Crippen molar-refractivity contribution in [2.75, 3.05) is 13.9 Å². The lowest BCUT2D eigenvalue weighted by molar-refractivity contribution is -0.156. The van der Waals surface area contributed by atoms with Crippen molar-refractivity contribution < 1.29 is 38.1 Å². The molecule has 2 aromatic rings. The number of amides is 1. The third kappa shape index (κ3) is 7.84. The molecule has 10 nitrogen and oxygen atoms in total. The minimum atomic E-state index is -0.983. The summed E-state index contributed by atoms with van der Waals surface area (Å²) < 4.78 is 27.5. The maximum Gasteiger partial charge on any atom is 0.328 e. The summed E-state index contributed by atoms with van der Waals surface area (Å²) in [6, 6.07) is 8.30. The van der Waals surface area contributed by atoms with Gasteiger partial charge < -0.3 is 29.0 Å². The summed E-state index contributed by atoms with van der Waals surface area (Å²) in [6.07, 6.45) is 4.75. The van der Waals surface area contributed by atoms with Crippen LogP contribution in [0.3, 0.4) is 0 Å². The van der Waals surface area contributed by atoms with Gasteiger partial charge in [0.1, 0.15) is 24.0 Å². The van der Waals surface area contributed by atoms with Crippen LogP contribution in [-0.2, 0) is 19.1 Å². The molecule has 0 bridgehead atoms. The van der Waals surface area contributed by atoms with Crippen LogP contribution in [0, 0.1) is 12.8 Å². The van der Waals surface area contributed by atoms with Gasteiger partial charge >= 0.3 is 11.9 Å². The largest absolute Gasteiger partial charge is 0.493 e. The number of hydrogen-bond acceptors (Lipinski definition) is 9. The fourth-order valence-electron chi connectivity index (χ4n) is 4.38. The molecule has 1 fully saturated rings. The van der Waals surface area contributed by atoms with Crippen LogP contribution in [0.15, 0.2) is 36.5 Å². The van der Waals surface area contributed by atoms with E-state index in [2.05, 4.69) is 10.3 Å². The highest BCUT2D eigenvalue weighted by molar-refractivity contribution is 5.98. The van der Waals surface area contributed by atoms with Gasteiger partial charge in [0.2, 0.25) is 6.79 Å². The second-order valence-electron chi connectivity index (χ2n) is 9.37. The van der Waals surface area contributed by atoms with Gasteiger partial charge in [-0.3, -0.25) is 9.59 Å². The standard InChI is InChI=1S/C28H36N2O8/c1-17-10-12-22(13-11-17)38-25(21-8-6-7-9-21)19(3)37-28(33)18(2)30-27(32)24-26(36-16-35-20(4)31)23(34-5)14-15-29-24/h10-15,18-19,21,25H,6-9,16H2,1-5H3,(H,30,32)/t18-,19-,25-/m0/s1. The van der Waals surface area contributed by atoms with Crippen molar-refractivity contribution in [3.05, 3.63) is 47.8 Å². The predicted octanol–water partition coefficient (Wildman–Crippen LogP) is 3.99. The number of ether oxygens (including phenoxy) is 5. The molecule has 206 valence electrons. The molecule has 1 aromatic carbocycles. The molecule has 0 spiro atoms. The topological polar surface area (TPSA) is 122 Å². The number of aryl methyl sites for hydroxylation is 1. The quantitative estimate of drug-likeness (QED) is 0.322. The smallest absolute Gasteiger partial charge is 0.328 e. The molecule has 1 aliphatic rings.